The average Bonchev–Trinajstić information content (AvgIpc) is 3.19. The van der Waals surface area contributed by atoms with Crippen molar-refractivity contribution in [2.45, 2.75) is 6.92 Å². The van der Waals surface area contributed by atoms with Crippen LogP contribution in [0, 0.1) is 6.92 Å². The van der Waals surface area contributed by atoms with Crippen molar-refractivity contribution in [2.24, 2.45) is 0 Å². The molecule has 0 fully saturated rings. The predicted molar refractivity (Wildman–Crippen MR) is 149 cm³/mol. The third kappa shape index (κ3) is 2.59. The third-order valence-corrected chi connectivity index (χ3v) is 12.4. The van der Waals surface area contributed by atoms with Crippen LogP contribution in [0.1, 0.15) is 5.56 Å². The topological polar surface area (TPSA) is 0 Å². The van der Waals surface area contributed by atoms with Gasteiger partial charge in [-0.15, -0.1) is 0 Å². The molecule has 0 unspecified atom stereocenters. The third-order valence-electron chi connectivity index (χ3n) is 7.55. The van der Waals surface area contributed by atoms with Gasteiger partial charge in [0.1, 0.15) is 0 Å². The van der Waals surface area contributed by atoms with Gasteiger partial charge in [-0.1, -0.05) is 121 Å². The van der Waals surface area contributed by atoms with Gasteiger partial charge in [-0.05, 0) is 72.5 Å². The van der Waals surface area contributed by atoms with Crippen LogP contribution < -0.4 is 20.7 Å². The second-order valence-electron chi connectivity index (χ2n) is 9.44. The summed E-state index contributed by atoms with van der Waals surface area (Å²) in [5.74, 6) is 0. The lowest BCUT2D eigenvalue weighted by Crippen LogP contribution is -2.72. The molecule has 1 heteroatoms. The van der Waals surface area contributed by atoms with Crippen molar-refractivity contribution in [2.75, 3.05) is 0 Å². The van der Waals surface area contributed by atoms with Crippen molar-refractivity contribution in [1.29, 1.82) is 0 Å². The highest BCUT2D eigenvalue weighted by molar-refractivity contribution is 7.22. The summed E-state index contributed by atoms with van der Waals surface area (Å²) in [5.41, 5.74) is 4.16. The van der Waals surface area contributed by atoms with Crippen molar-refractivity contribution < 1.29 is 0 Å². The van der Waals surface area contributed by atoms with Crippen LogP contribution in [0.15, 0.2) is 127 Å². The molecule has 0 nitrogen and oxygen atoms in total. The number of aryl methyl sites for hydroxylation is 1. The maximum atomic E-state index is 2.44. The lowest BCUT2D eigenvalue weighted by atomic mass is 9.95. The summed E-state index contributed by atoms with van der Waals surface area (Å²) >= 11 is 0. The highest BCUT2D eigenvalue weighted by Crippen LogP contribution is 2.36. The van der Waals surface area contributed by atoms with Crippen LogP contribution in [-0.4, -0.2) is 8.07 Å². The Balaban J connectivity index is 1.70. The van der Waals surface area contributed by atoms with Crippen LogP contribution in [0.2, 0.25) is 0 Å². The first-order chi connectivity index (χ1) is 16.8. The molecule has 0 amide bonds. The van der Waals surface area contributed by atoms with Crippen molar-refractivity contribution in [3.8, 4) is 11.1 Å². The Kier molecular flexibility index (Phi) is 4.18. The van der Waals surface area contributed by atoms with E-state index in [2.05, 4.69) is 134 Å². The maximum Gasteiger partial charge on any atom is 0.180 e. The minimum atomic E-state index is -2.43. The van der Waals surface area contributed by atoms with E-state index in [9.17, 15) is 0 Å². The molecule has 6 aromatic rings. The van der Waals surface area contributed by atoms with E-state index < -0.39 is 8.07 Å². The summed E-state index contributed by atoms with van der Waals surface area (Å²) < 4.78 is 0. The fourth-order valence-electron chi connectivity index (χ4n) is 6.12. The zero-order chi connectivity index (χ0) is 22.7. The molecule has 0 saturated heterocycles. The van der Waals surface area contributed by atoms with Crippen molar-refractivity contribution in [1.82, 2.24) is 0 Å². The molecule has 34 heavy (non-hydrogen) atoms. The molecule has 0 atom stereocenters. The summed E-state index contributed by atoms with van der Waals surface area (Å²) in [4.78, 5) is 0. The molecular formula is C33H24Si. The van der Waals surface area contributed by atoms with Gasteiger partial charge in [0.25, 0.3) is 0 Å². The lowest BCUT2D eigenvalue weighted by molar-refractivity contribution is 1.49. The van der Waals surface area contributed by atoms with E-state index in [0.717, 1.165) is 0 Å². The normalized spacial score (nSPS) is 13.7. The molecule has 0 N–H and O–H groups in total. The zero-order valence-corrected chi connectivity index (χ0v) is 20.1. The van der Waals surface area contributed by atoms with Crippen LogP contribution in [0.4, 0.5) is 0 Å². The van der Waals surface area contributed by atoms with Crippen LogP contribution in [-0.2, 0) is 0 Å². The molecule has 1 aliphatic heterocycles. The quantitative estimate of drug-likeness (QED) is 0.236. The molecule has 7 rings (SSSR count). The standard InChI is InChI=1S/C33H24Si/c1-23-16-18-31-30(20-23)33-29-22-25-11-9-8-10-24(25)21-26(29)17-19-32(33)34(31,27-12-4-2-5-13-27)28-14-6-3-7-15-28/h2-22H,1H3. The van der Waals surface area contributed by atoms with Gasteiger partial charge in [-0.25, -0.2) is 0 Å². The second kappa shape index (κ2) is 7.28. The Morgan fingerprint density at radius 2 is 1.06 bits per heavy atom. The maximum absolute atomic E-state index is 2.44. The van der Waals surface area contributed by atoms with Crippen LogP contribution in [0.25, 0.3) is 32.7 Å². The summed E-state index contributed by atoms with van der Waals surface area (Å²) in [6.07, 6.45) is 0. The summed E-state index contributed by atoms with van der Waals surface area (Å²) in [5, 5.41) is 11.2. The zero-order valence-electron chi connectivity index (χ0n) is 19.1. The van der Waals surface area contributed by atoms with Crippen LogP contribution in [0.3, 0.4) is 0 Å². The Labute approximate surface area is 201 Å². The van der Waals surface area contributed by atoms with Crippen molar-refractivity contribution >= 4 is 50.4 Å². The van der Waals surface area contributed by atoms with Crippen molar-refractivity contribution in [3.05, 3.63) is 133 Å². The van der Waals surface area contributed by atoms with Crippen molar-refractivity contribution in [3.63, 3.8) is 0 Å². The highest BCUT2D eigenvalue weighted by atomic mass is 28.3. The second-order valence-corrected chi connectivity index (χ2v) is 13.2. The van der Waals surface area contributed by atoms with E-state index in [1.807, 2.05) is 0 Å². The van der Waals surface area contributed by atoms with Gasteiger partial charge in [-0.3, -0.25) is 0 Å². The van der Waals surface area contributed by atoms with Gasteiger partial charge in [0, 0.05) is 0 Å². The number of rotatable bonds is 2. The first-order valence-electron chi connectivity index (χ1n) is 12.0. The average molecular weight is 449 g/mol. The molecule has 0 radical (unpaired) electrons. The van der Waals surface area contributed by atoms with Gasteiger partial charge in [0.05, 0.1) is 0 Å². The van der Waals surface area contributed by atoms with E-state index in [0.29, 0.717) is 0 Å². The van der Waals surface area contributed by atoms with Gasteiger partial charge < -0.3 is 0 Å². The fraction of sp³-hybridized carbons (Fsp3) is 0.0303. The lowest BCUT2D eigenvalue weighted by Gasteiger charge is -2.31. The Hall–Kier alpha value is -3.94. The number of fused-ring (bicyclic) bond motifs is 6. The molecule has 0 spiro atoms. The first kappa shape index (κ1) is 19.5. The number of hydrogen-bond donors (Lipinski definition) is 0. The Bertz CT molecular complexity index is 1660. The fourth-order valence-corrected chi connectivity index (χ4v) is 11.3. The van der Waals surface area contributed by atoms with Crippen LogP contribution in [0.5, 0.6) is 0 Å². The highest BCUT2D eigenvalue weighted by Gasteiger charge is 2.49. The molecule has 1 aliphatic rings. The minimum Gasteiger partial charge on any atom is -0.0623 e. The van der Waals surface area contributed by atoms with E-state index in [1.54, 1.807) is 0 Å². The van der Waals surface area contributed by atoms with Crippen LogP contribution >= 0.6 is 0 Å². The molecule has 0 bridgehead atoms. The number of hydrogen-bond acceptors (Lipinski definition) is 0. The molecule has 160 valence electrons. The summed E-state index contributed by atoms with van der Waals surface area (Å²) in [6, 6.07) is 47.9. The molecule has 1 heterocycles. The monoisotopic (exact) mass is 448 g/mol. The summed E-state index contributed by atoms with van der Waals surface area (Å²) in [6.45, 7) is 2.22. The minimum absolute atomic E-state index is 1.30. The molecule has 0 aromatic heterocycles. The molecule has 0 saturated carbocycles. The van der Waals surface area contributed by atoms with Gasteiger partial charge >= 0.3 is 0 Å². The van der Waals surface area contributed by atoms with E-state index in [1.165, 1.54) is 59.0 Å². The van der Waals surface area contributed by atoms with Gasteiger partial charge in [0.15, 0.2) is 8.07 Å². The number of benzene rings is 6. The first-order valence-corrected chi connectivity index (χ1v) is 14.0. The molecular weight excluding hydrogens is 424 g/mol. The van der Waals surface area contributed by atoms with E-state index >= 15 is 0 Å². The Morgan fingerprint density at radius 1 is 0.471 bits per heavy atom. The van der Waals surface area contributed by atoms with E-state index in [-0.39, 0.29) is 0 Å². The SMILES string of the molecule is Cc1ccc2c(c1)-c1c(ccc3cc4ccccc4cc13)[Si]2(c1ccccc1)c1ccccc1. The predicted octanol–water partition coefficient (Wildman–Crippen LogP) is 5.66. The van der Waals surface area contributed by atoms with Gasteiger partial charge in [-0.2, -0.15) is 0 Å². The van der Waals surface area contributed by atoms with E-state index in [4.69, 9.17) is 0 Å². The smallest absolute Gasteiger partial charge is 0.0623 e. The molecule has 0 aliphatic carbocycles. The Morgan fingerprint density at radius 3 is 1.74 bits per heavy atom. The largest absolute Gasteiger partial charge is 0.180 e. The molecule has 6 aromatic carbocycles. The summed E-state index contributed by atoms with van der Waals surface area (Å²) in [7, 11) is -2.43. The van der Waals surface area contributed by atoms with Gasteiger partial charge in [0.2, 0.25) is 0 Å².